The van der Waals surface area contributed by atoms with Crippen molar-refractivity contribution in [2.45, 2.75) is 13.5 Å². The van der Waals surface area contributed by atoms with Crippen LogP contribution in [0.3, 0.4) is 0 Å². The normalized spacial score (nSPS) is 10.3. The fourth-order valence-electron chi connectivity index (χ4n) is 1.74. The lowest BCUT2D eigenvalue weighted by Crippen LogP contribution is -2.26. The van der Waals surface area contributed by atoms with Gasteiger partial charge in [-0.05, 0) is 19.1 Å². The monoisotopic (exact) mass is 289 g/mol. The quantitative estimate of drug-likeness (QED) is 0.820. The van der Waals surface area contributed by atoms with Gasteiger partial charge in [-0.25, -0.2) is 4.98 Å². The lowest BCUT2D eigenvalue weighted by molar-refractivity contribution is 0.0781. The fourth-order valence-corrected chi connectivity index (χ4v) is 1.88. The van der Waals surface area contributed by atoms with Crippen molar-refractivity contribution in [1.29, 1.82) is 0 Å². The largest absolute Gasteiger partial charge is 0.389 e. The van der Waals surface area contributed by atoms with Gasteiger partial charge in [-0.1, -0.05) is 24.4 Å². The first-order chi connectivity index (χ1) is 9.47. The van der Waals surface area contributed by atoms with Crippen LogP contribution in [0, 0.1) is 6.92 Å². The molecule has 0 spiro atoms. The van der Waals surface area contributed by atoms with Gasteiger partial charge < -0.3 is 10.6 Å². The standard InChI is InChI=1S/C13H15N5OS/c1-8-15-11(17-16-8)7-18(2)13(19)10-5-3-9(4-6-10)12(14)20/h3-6H,7H2,1-2H3,(H2,14,20)(H,15,16,17). The molecule has 0 aliphatic rings. The Morgan fingerprint density at radius 1 is 1.35 bits per heavy atom. The van der Waals surface area contributed by atoms with E-state index in [1.165, 1.54) is 0 Å². The van der Waals surface area contributed by atoms with Crippen molar-refractivity contribution in [3.05, 3.63) is 47.0 Å². The van der Waals surface area contributed by atoms with Crippen molar-refractivity contribution in [3.63, 3.8) is 0 Å². The van der Waals surface area contributed by atoms with E-state index in [4.69, 9.17) is 18.0 Å². The van der Waals surface area contributed by atoms with Crippen LogP contribution in [0.1, 0.15) is 27.6 Å². The highest BCUT2D eigenvalue weighted by molar-refractivity contribution is 7.80. The first-order valence-electron chi connectivity index (χ1n) is 6.00. The Bertz CT molecular complexity index is 634. The second kappa shape index (κ2) is 5.79. The van der Waals surface area contributed by atoms with Gasteiger partial charge in [-0.15, -0.1) is 0 Å². The molecule has 104 valence electrons. The van der Waals surface area contributed by atoms with E-state index in [9.17, 15) is 4.79 Å². The Kier molecular flexibility index (Phi) is 4.09. The van der Waals surface area contributed by atoms with Gasteiger partial charge >= 0.3 is 0 Å². The summed E-state index contributed by atoms with van der Waals surface area (Å²) in [5.41, 5.74) is 6.83. The summed E-state index contributed by atoms with van der Waals surface area (Å²) >= 11 is 4.87. The Hall–Kier alpha value is -2.28. The second-order valence-electron chi connectivity index (χ2n) is 4.44. The van der Waals surface area contributed by atoms with Gasteiger partial charge in [0.15, 0.2) is 5.82 Å². The molecular weight excluding hydrogens is 274 g/mol. The number of thiocarbonyl (C=S) groups is 1. The van der Waals surface area contributed by atoms with Crippen molar-refractivity contribution in [2.75, 3.05) is 7.05 Å². The lowest BCUT2D eigenvalue weighted by Gasteiger charge is -2.15. The predicted octanol–water partition coefficient (Wildman–Crippen LogP) is 1.02. The Morgan fingerprint density at radius 3 is 2.45 bits per heavy atom. The molecule has 0 saturated carbocycles. The number of H-pyrrole nitrogens is 1. The molecule has 7 heteroatoms. The summed E-state index contributed by atoms with van der Waals surface area (Å²) in [5, 5.41) is 6.75. The number of aromatic nitrogens is 3. The first-order valence-corrected chi connectivity index (χ1v) is 6.41. The number of benzene rings is 1. The topological polar surface area (TPSA) is 87.9 Å². The maximum atomic E-state index is 12.2. The summed E-state index contributed by atoms with van der Waals surface area (Å²) in [6, 6.07) is 6.88. The van der Waals surface area contributed by atoms with Gasteiger partial charge in [0.2, 0.25) is 0 Å². The second-order valence-corrected chi connectivity index (χ2v) is 4.88. The number of rotatable bonds is 4. The molecule has 1 aromatic carbocycles. The van der Waals surface area contributed by atoms with Gasteiger partial charge in [0, 0.05) is 18.2 Å². The average molecular weight is 289 g/mol. The van der Waals surface area contributed by atoms with Crippen molar-refractivity contribution >= 4 is 23.1 Å². The molecule has 0 aliphatic carbocycles. The summed E-state index contributed by atoms with van der Waals surface area (Å²) in [5.74, 6) is 1.20. The van der Waals surface area contributed by atoms with Crippen molar-refractivity contribution in [2.24, 2.45) is 5.73 Å². The minimum absolute atomic E-state index is 0.109. The number of aryl methyl sites for hydroxylation is 1. The summed E-state index contributed by atoms with van der Waals surface area (Å²) in [7, 11) is 1.70. The van der Waals surface area contributed by atoms with E-state index in [-0.39, 0.29) is 5.91 Å². The van der Waals surface area contributed by atoms with Crippen LogP contribution in [0.2, 0.25) is 0 Å². The van der Waals surface area contributed by atoms with E-state index in [1.54, 1.807) is 36.2 Å². The third kappa shape index (κ3) is 3.18. The van der Waals surface area contributed by atoms with E-state index in [0.29, 0.717) is 22.9 Å². The summed E-state index contributed by atoms with van der Waals surface area (Å²) in [6.07, 6.45) is 0. The lowest BCUT2D eigenvalue weighted by atomic mass is 10.1. The maximum Gasteiger partial charge on any atom is 0.254 e. The summed E-state index contributed by atoms with van der Waals surface area (Å²) in [6.45, 7) is 2.16. The fraction of sp³-hybridized carbons (Fsp3) is 0.231. The van der Waals surface area contributed by atoms with Gasteiger partial charge in [-0.2, -0.15) is 5.10 Å². The van der Waals surface area contributed by atoms with E-state index in [1.807, 2.05) is 6.92 Å². The molecule has 20 heavy (non-hydrogen) atoms. The Balaban J connectivity index is 2.08. The van der Waals surface area contributed by atoms with Gasteiger partial charge in [0.25, 0.3) is 5.91 Å². The first kappa shape index (κ1) is 14.1. The van der Waals surface area contributed by atoms with Crippen LogP contribution in [0.5, 0.6) is 0 Å². The van der Waals surface area contributed by atoms with Crippen LogP contribution < -0.4 is 5.73 Å². The molecule has 0 saturated heterocycles. The number of nitrogens with zero attached hydrogens (tertiary/aromatic N) is 3. The highest BCUT2D eigenvalue weighted by atomic mass is 32.1. The van der Waals surface area contributed by atoms with Crippen LogP contribution >= 0.6 is 12.2 Å². The predicted molar refractivity (Wildman–Crippen MR) is 79.2 cm³/mol. The molecule has 0 unspecified atom stereocenters. The molecule has 0 radical (unpaired) electrons. The molecule has 1 heterocycles. The molecule has 0 fully saturated rings. The molecule has 2 rings (SSSR count). The number of aromatic amines is 1. The summed E-state index contributed by atoms with van der Waals surface area (Å²) < 4.78 is 0. The zero-order valence-electron chi connectivity index (χ0n) is 11.3. The highest BCUT2D eigenvalue weighted by Gasteiger charge is 2.14. The maximum absolute atomic E-state index is 12.2. The van der Waals surface area contributed by atoms with Crippen LogP contribution in [-0.2, 0) is 6.54 Å². The molecule has 0 atom stereocenters. The highest BCUT2D eigenvalue weighted by Crippen LogP contribution is 2.08. The average Bonchev–Trinajstić information content (AvgIpc) is 2.83. The molecule has 0 bridgehead atoms. The molecule has 2 aromatic rings. The number of carbonyl (C=O) groups is 1. The van der Waals surface area contributed by atoms with Crippen molar-refractivity contribution in [1.82, 2.24) is 20.1 Å². The van der Waals surface area contributed by atoms with Crippen LogP contribution in [0.25, 0.3) is 0 Å². The molecule has 0 aliphatic heterocycles. The molecule has 1 aromatic heterocycles. The van der Waals surface area contributed by atoms with E-state index in [2.05, 4.69) is 15.2 Å². The third-order valence-electron chi connectivity index (χ3n) is 2.79. The molecular formula is C13H15N5OS. The number of nitrogens with two attached hydrogens (primary N) is 1. The van der Waals surface area contributed by atoms with Gasteiger partial charge in [0.1, 0.15) is 10.8 Å². The minimum atomic E-state index is -0.109. The third-order valence-corrected chi connectivity index (χ3v) is 3.02. The number of carbonyl (C=O) groups excluding carboxylic acids is 1. The van der Waals surface area contributed by atoms with Crippen LogP contribution in [-0.4, -0.2) is 38.0 Å². The SMILES string of the molecule is Cc1nc(CN(C)C(=O)c2ccc(C(N)=S)cc2)n[nH]1. The zero-order valence-corrected chi connectivity index (χ0v) is 12.1. The Morgan fingerprint density at radius 2 is 1.95 bits per heavy atom. The summed E-state index contributed by atoms with van der Waals surface area (Å²) in [4.78, 5) is 18.3. The number of amides is 1. The number of hydrogen-bond acceptors (Lipinski definition) is 4. The van der Waals surface area contributed by atoms with Crippen molar-refractivity contribution in [3.8, 4) is 0 Å². The molecule has 3 N–H and O–H groups in total. The molecule has 1 amide bonds. The Labute approximate surface area is 122 Å². The smallest absolute Gasteiger partial charge is 0.254 e. The van der Waals surface area contributed by atoms with Gasteiger partial charge in [-0.3, -0.25) is 9.89 Å². The minimum Gasteiger partial charge on any atom is -0.389 e. The van der Waals surface area contributed by atoms with Crippen LogP contribution in [0.4, 0.5) is 0 Å². The van der Waals surface area contributed by atoms with E-state index < -0.39 is 0 Å². The number of hydrogen-bond donors (Lipinski definition) is 2. The van der Waals surface area contributed by atoms with Crippen molar-refractivity contribution < 1.29 is 4.79 Å². The van der Waals surface area contributed by atoms with E-state index in [0.717, 1.165) is 11.4 Å². The van der Waals surface area contributed by atoms with Gasteiger partial charge in [0.05, 0.1) is 6.54 Å². The zero-order chi connectivity index (χ0) is 14.7. The molecule has 6 nitrogen and oxygen atoms in total. The van der Waals surface area contributed by atoms with Crippen LogP contribution in [0.15, 0.2) is 24.3 Å². The van der Waals surface area contributed by atoms with E-state index >= 15 is 0 Å². The number of nitrogens with one attached hydrogen (secondary N) is 1.